The molecule has 36 heteroatoms. The summed E-state index contributed by atoms with van der Waals surface area (Å²) in [5, 5.41) is 122. The molecule has 0 aliphatic carbocycles. The van der Waals surface area contributed by atoms with Crippen LogP contribution in [0.3, 0.4) is 0 Å². The average Bonchev–Trinajstić information content (AvgIpc) is 0.774. The van der Waals surface area contributed by atoms with Crippen LogP contribution in [0.2, 0.25) is 0 Å². The van der Waals surface area contributed by atoms with E-state index in [2.05, 4.69) is 407 Å². The zero-order valence-corrected chi connectivity index (χ0v) is 84.6. The number of unbranched alkanes of at least 4 members (excludes halogenated alkanes) is 27. The summed E-state index contributed by atoms with van der Waals surface area (Å²) in [4.78, 5) is 27.2. The molecule has 0 saturated carbocycles. The molecule has 0 aromatic carbocycles. The number of aliphatic hydroxyl groups excluding tert-OH is 5. The quantitative estimate of drug-likeness (QED) is 0.00342. The van der Waals surface area contributed by atoms with Crippen molar-refractivity contribution in [1.82, 2.24) is 0 Å². The Morgan fingerprint density at radius 1 is 0.379 bits per heavy atom. The Labute approximate surface area is 942 Å². The molecule has 2 saturated heterocycles. The van der Waals surface area contributed by atoms with Crippen molar-refractivity contribution < 1.29 is 281 Å². The van der Waals surface area contributed by atoms with Gasteiger partial charge in [0.25, 0.3) is 0 Å². The number of aliphatic hydroxyl groups is 5. The van der Waals surface area contributed by atoms with Crippen LogP contribution in [0.1, 0.15) is 305 Å². The monoisotopic (exact) mass is 2060 g/mol. The van der Waals surface area contributed by atoms with Crippen molar-refractivity contribution in [3.63, 3.8) is 0 Å². The van der Waals surface area contributed by atoms with E-state index in [0.717, 1.165) is 44.9 Å². The van der Waals surface area contributed by atoms with Crippen molar-refractivity contribution in [2.45, 2.75) is 302 Å². The first-order valence-electron chi connectivity index (χ1n) is 43.1. The Morgan fingerprint density at radius 3 is 0.921 bits per heavy atom. The normalized spacial score (nSPS) is 15.5. The number of ether oxygens (including phenoxy) is 5. The third-order valence-corrected chi connectivity index (χ3v) is 17.5. The molecule has 0 radical (unpaired) electrons. The number of carbonyl (C=O) groups is 2. The predicted molar refractivity (Wildman–Crippen MR) is 590 cm³/mol. The van der Waals surface area contributed by atoms with E-state index in [-0.39, 0.29) is 154 Å². The third kappa shape index (κ3) is 85.3. The molecule has 140 heavy (non-hydrogen) atoms. The molecular formula is C104H192Na2O32S2. The number of esters is 2. The van der Waals surface area contributed by atoms with Crippen LogP contribution in [0.15, 0.2) is 11.6 Å². The van der Waals surface area contributed by atoms with Crippen molar-refractivity contribution in [2.24, 2.45) is 5.92 Å². The van der Waals surface area contributed by atoms with Gasteiger partial charge in [0.1, 0.15) is 30.5 Å². The molecule has 0 spiro atoms. The van der Waals surface area contributed by atoms with Crippen molar-refractivity contribution in [3.05, 3.63) is 11.6 Å². The number of rotatable bonds is 57. The Bertz CT molecular complexity index is 5300. The first-order valence-corrected chi connectivity index (χ1v) is 44.1. The summed E-state index contributed by atoms with van der Waals surface area (Å²) in [6.45, 7) is 9.96. The van der Waals surface area contributed by atoms with Gasteiger partial charge in [-0.25, -0.2) is 10.1 Å². The third-order valence-electron chi connectivity index (χ3n) is 17.0. The number of carbonyl (C=O) groups excluding carboxylic acids is 2. The number of allylic oxidation sites excluding steroid dienone is 1. The molecule has 0 aromatic rings. The van der Waals surface area contributed by atoms with Gasteiger partial charge in [-0.15, -0.1) is 8.67 Å². The number of thiol groups is 1. The summed E-state index contributed by atoms with van der Waals surface area (Å²) in [5.41, 5.74) is 0.275. The second-order valence-electron chi connectivity index (χ2n) is 27.1. The van der Waals surface area contributed by atoms with Gasteiger partial charge in [-0.1, -0.05) is 218 Å². The first kappa shape index (κ1) is 133. The maximum absolute atomic E-state index is 13.7. The van der Waals surface area contributed by atoms with Gasteiger partial charge in [0.2, 0.25) is 6.29 Å². The van der Waals surface area contributed by atoms with Crippen molar-refractivity contribution >= 4 is 37.2 Å². The fraction of sp³-hybridized carbons (Fsp3) is 0.481. The standard InChI is InChI=1S/C52H96O16S.C52H6.2Na.H2O16S.44H2.H/c1-5-7-9-11-13-15-17-19-20-21-23-24-26-28-30-32-34-39(3)36-40(4)50(59)64-47-45(57)42(38-54)62-52(65-51-48(66-69-68-67-60)46(58)44(56)41(37-53)61-51)49(47)63-43(55)35-33-31-29-27-25-22-18-16-14-12-10-8-6-2;1-3-5-7-9-11-13-15-17-19-21-23-25-27-29-31-33-35-37-39-41-43-45-47-49-51-52-50-48-46-44-42-40-38-36-34-32-30-28-26-24-22-20-18-16-14-12-10-8-6-4-2;;;1-2-3-4-5-6-7-8-9-10-11-12-13-14-15-16-17;;;;;;;;;;;;;;;;;;;;;;;;;;;;;;;;;;;;;;;;;;;;;/h36,39,41-42,44-49,51-54,56-58,60H,5-35,37-38H2,1-4H3;1-2H3;;;1,17H;44*1H;/q;;2*+1;;;;;;;;;;;;;;;;;;;;;;;;;;;;;;;;;;;;;;;;;;;;;;-1/p-1/b40-36+;;;;;;;;;;;;;;;;;;;;;;;;;;;;;;;;;;;;;;;;;;;;;;;;;/t39-,41?,42?,44?,45?,46?,47?,48?,49?,51?,52?;;;;;;;;;;;;;;;;;;;;;;;;;;;;;;;;;;;;;;;;;;;;;;;;;/m1................................................./s1. The summed E-state index contributed by atoms with van der Waals surface area (Å²) in [6.07, 6.45) is 21.6. The minimum Gasteiger partial charge on any atom is -1.00 e. The smallest absolute Gasteiger partial charge is 1.00 e. The van der Waals surface area contributed by atoms with Crippen LogP contribution >= 0.6 is 25.2 Å². The van der Waals surface area contributed by atoms with Crippen LogP contribution in [0.4, 0.5) is 0 Å². The topological polar surface area (TPSA) is 391 Å². The van der Waals surface area contributed by atoms with E-state index in [1.807, 2.05) is 13.0 Å². The molecule has 0 bridgehead atoms. The summed E-state index contributed by atoms with van der Waals surface area (Å²) >= 11 is 3.05. The van der Waals surface area contributed by atoms with E-state index < -0.39 is 86.6 Å². The fourth-order valence-electron chi connectivity index (χ4n) is 10.9. The molecule has 2 aliphatic rings. The van der Waals surface area contributed by atoms with Crippen LogP contribution in [0.5, 0.6) is 0 Å². The van der Waals surface area contributed by atoms with E-state index in [1.54, 1.807) is 20.8 Å². The molecule has 2 heterocycles. The molecule has 11 atom stereocenters. The van der Waals surface area contributed by atoms with Gasteiger partial charge < -0.3 is 55.9 Å². The largest absolute Gasteiger partial charge is 1.00 e. The molecule has 10 unspecified atom stereocenters. The van der Waals surface area contributed by atoms with Gasteiger partial charge in [-0.3, -0.25) is 14.0 Å². The maximum atomic E-state index is 13.7. The summed E-state index contributed by atoms with van der Waals surface area (Å²) in [6, 6.07) is 0. The SMILES string of the molecule is CC#CC#CC#CC#CC#CC#CC#CC#CC#CC#CC#CC#CC#CC#CC#CC#CC#CC#CC#CC#CC#CC#CC#CC#CC#CC.CCCCCCCCCCCCCCCCCC[C@@H](C)/C=C(\C)C(=O)OC1C(O)C(CO)OC(OC2OC(CO)C(O)C(O)C2OSOO[O-])C1OC(=O)CCCCCCCCCCCCCCC.OOOOOOOOOOOOOOOOS.[H-].[HH].[HH].[HH].[HH].[HH].[HH].[HH].[HH].[HH].[HH].[HH].[HH].[HH].[HH].[HH].[HH].[HH].[HH].[HH].[HH].[HH].[HH].[HH].[HH].[HH].[HH].[HH].[HH].[HH].[HH].[HH].[HH].[HH].[HH].[HH].[HH].[HH].[HH].[HH].[HH].[HH].[HH].[HH].[HH].[Na+].[Na+]. The van der Waals surface area contributed by atoms with Gasteiger partial charge in [0.15, 0.2) is 36.9 Å². The number of hydrogen-bond donors (Lipinski definition) is 7. The fourth-order valence-corrected chi connectivity index (χ4v) is 11.3. The first-order chi connectivity index (χ1) is 67.8. The second-order valence-corrected chi connectivity index (χ2v) is 27.7. The Balaban J connectivity index is -0.0000000322. The van der Waals surface area contributed by atoms with Gasteiger partial charge in [-0.05, 0) is 205 Å². The van der Waals surface area contributed by atoms with E-state index in [4.69, 9.17) is 33.1 Å². The van der Waals surface area contributed by atoms with Gasteiger partial charge in [0, 0.05) is 277 Å². The molecule has 32 nitrogen and oxygen atoms in total. The zero-order chi connectivity index (χ0) is 100. The maximum Gasteiger partial charge on any atom is 1.00 e. The summed E-state index contributed by atoms with van der Waals surface area (Å²) in [5.74, 6) is 124. The molecule has 6 N–H and O–H groups in total. The molecule has 2 aliphatic heterocycles. The van der Waals surface area contributed by atoms with Crippen molar-refractivity contribution in [3.8, 4) is 296 Å². The van der Waals surface area contributed by atoms with Gasteiger partial charge in [-0.2, -0.15) is 0 Å². The molecule has 2 fully saturated rings. The van der Waals surface area contributed by atoms with E-state index in [1.165, 1.54) is 141 Å². The second kappa shape index (κ2) is 107. The molecule has 814 valence electrons. The van der Waals surface area contributed by atoms with Gasteiger partial charge in [0.05, 0.1) is 13.2 Å². The zero-order valence-electron chi connectivity index (χ0n) is 79.9. The Hall–Kier alpha value is -10.7. The van der Waals surface area contributed by atoms with E-state index in [0.29, 0.717) is 6.42 Å². The summed E-state index contributed by atoms with van der Waals surface area (Å²) < 4.78 is 42.5. The minimum absolute atomic E-state index is 0. The number of hydrogen-bond acceptors (Lipinski definition) is 34. The van der Waals surface area contributed by atoms with Gasteiger partial charge >= 0.3 is 71.1 Å². The molecule has 2 rings (SSSR count). The van der Waals surface area contributed by atoms with E-state index >= 15 is 0 Å². The Morgan fingerprint density at radius 2 is 0.643 bits per heavy atom. The molecule has 0 aromatic heterocycles. The summed E-state index contributed by atoms with van der Waals surface area (Å²) in [7, 11) is 0. The van der Waals surface area contributed by atoms with Crippen LogP contribution in [-0.4, -0.2) is 117 Å². The van der Waals surface area contributed by atoms with Crippen LogP contribution in [-0.2, 0) is 122 Å². The average molecular weight is 2060 g/mol. The van der Waals surface area contributed by atoms with Crippen molar-refractivity contribution in [1.29, 1.82) is 0 Å². The van der Waals surface area contributed by atoms with Crippen LogP contribution in [0.25, 0.3) is 0 Å². The van der Waals surface area contributed by atoms with Crippen molar-refractivity contribution in [2.75, 3.05) is 13.2 Å². The molecular weight excluding hydrogens is 1870 g/mol. The Kier molecular flexibility index (Phi) is 102. The van der Waals surface area contributed by atoms with E-state index in [9.17, 15) is 40.4 Å². The van der Waals surface area contributed by atoms with Crippen LogP contribution in [0, 0.1) is 302 Å². The minimum atomic E-state index is -1.79. The predicted octanol–water partition coefficient (Wildman–Crippen LogP) is 14.6. The van der Waals surface area contributed by atoms with Crippen LogP contribution < -0.4 is 64.4 Å². The molecule has 0 amide bonds.